The van der Waals surface area contributed by atoms with Gasteiger partial charge in [0.15, 0.2) is 12.0 Å². The lowest BCUT2D eigenvalue weighted by atomic mass is 9.93. The van der Waals surface area contributed by atoms with Crippen molar-refractivity contribution in [3.63, 3.8) is 0 Å². The van der Waals surface area contributed by atoms with E-state index in [4.69, 9.17) is 9.47 Å². The molecular formula is C32H34FNO3. The Labute approximate surface area is 219 Å². The van der Waals surface area contributed by atoms with Gasteiger partial charge in [0, 0.05) is 12.0 Å². The highest BCUT2D eigenvalue weighted by molar-refractivity contribution is 5.94. The minimum Gasteiger partial charge on any atom is -0.486 e. The number of carbonyl (C=O) groups excluding carboxylic acids is 1. The second-order valence-electron chi connectivity index (χ2n) is 8.84. The summed E-state index contributed by atoms with van der Waals surface area (Å²) in [6, 6.07) is 21.3. The second-order valence-corrected chi connectivity index (χ2v) is 8.84. The first-order valence-electron chi connectivity index (χ1n) is 12.7. The van der Waals surface area contributed by atoms with Crippen LogP contribution in [-0.4, -0.2) is 31.3 Å². The van der Waals surface area contributed by atoms with Crippen molar-refractivity contribution >= 4 is 17.4 Å². The minimum absolute atomic E-state index is 0.0183. The Balaban J connectivity index is 0.00000186. The summed E-state index contributed by atoms with van der Waals surface area (Å²) in [7, 11) is 0. The standard InChI is InChI=1S/C30H28FNO3.C2H6/c1-19(22-7-9-23(10-8-22)21(3)33)15-24-5-4-6-27(20(24)2)25-11-12-29(26(16-25)17-32)35-30-13-14-34-18-28(30)31;1-2/h4-12,15-16,28,30H,13-14,18H2,1-3H3;1-2H3/b19-15+;. The Morgan fingerprint density at radius 3 is 2.43 bits per heavy atom. The second kappa shape index (κ2) is 13.0. The lowest BCUT2D eigenvalue weighted by molar-refractivity contribution is -0.0383. The zero-order chi connectivity index (χ0) is 26.9. The average Bonchev–Trinajstić information content (AvgIpc) is 2.92. The summed E-state index contributed by atoms with van der Waals surface area (Å²) in [4.78, 5) is 11.6. The number of benzene rings is 3. The van der Waals surface area contributed by atoms with Crippen LogP contribution in [0.2, 0.25) is 0 Å². The minimum atomic E-state index is -1.21. The van der Waals surface area contributed by atoms with E-state index in [0.717, 1.165) is 33.4 Å². The molecule has 3 aromatic rings. The van der Waals surface area contributed by atoms with Crippen molar-refractivity contribution in [2.75, 3.05) is 13.2 Å². The van der Waals surface area contributed by atoms with E-state index in [-0.39, 0.29) is 12.4 Å². The number of allylic oxidation sites excluding steroid dienone is 1. The van der Waals surface area contributed by atoms with Gasteiger partial charge >= 0.3 is 0 Å². The zero-order valence-electron chi connectivity index (χ0n) is 22.2. The Bertz CT molecular complexity index is 1300. The molecule has 3 aromatic carbocycles. The predicted octanol–water partition coefficient (Wildman–Crippen LogP) is 7.83. The molecule has 1 heterocycles. The van der Waals surface area contributed by atoms with Gasteiger partial charge in [0.2, 0.25) is 0 Å². The Kier molecular flexibility index (Phi) is 9.77. The van der Waals surface area contributed by atoms with Crippen LogP contribution in [0.25, 0.3) is 22.8 Å². The van der Waals surface area contributed by atoms with Crippen LogP contribution in [0, 0.1) is 18.3 Å². The third-order valence-corrected chi connectivity index (χ3v) is 6.41. The van der Waals surface area contributed by atoms with Crippen LogP contribution in [-0.2, 0) is 4.74 Å². The number of nitrogens with zero attached hydrogens (tertiary/aromatic N) is 1. The van der Waals surface area contributed by atoms with Crippen molar-refractivity contribution in [3.8, 4) is 22.9 Å². The first kappa shape index (κ1) is 27.8. The molecule has 0 bridgehead atoms. The summed E-state index contributed by atoms with van der Waals surface area (Å²) in [6.45, 7) is 10.1. The summed E-state index contributed by atoms with van der Waals surface area (Å²) in [5.41, 5.74) is 7.26. The van der Waals surface area contributed by atoms with Crippen LogP contribution in [0.1, 0.15) is 66.7 Å². The van der Waals surface area contributed by atoms with Gasteiger partial charge in [-0.05, 0) is 66.3 Å². The van der Waals surface area contributed by atoms with Crippen molar-refractivity contribution in [3.05, 3.63) is 88.5 Å². The fraction of sp³-hybridized carbons (Fsp3) is 0.312. The lowest BCUT2D eigenvalue weighted by Gasteiger charge is -2.27. The molecule has 0 aliphatic carbocycles. The van der Waals surface area contributed by atoms with E-state index in [1.807, 2.05) is 63.2 Å². The number of halogens is 1. The van der Waals surface area contributed by atoms with E-state index in [2.05, 4.69) is 25.1 Å². The van der Waals surface area contributed by atoms with Gasteiger partial charge in [-0.15, -0.1) is 0 Å². The molecule has 0 saturated carbocycles. The lowest BCUT2D eigenvalue weighted by Crippen LogP contribution is -2.37. The summed E-state index contributed by atoms with van der Waals surface area (Å²) in [5.74, 6) is 0.441. The van der Waals surface area contributed by atoms with Crippen LogP contribution < -0.4 is 4.74 Å². The molecule has 192 valence electrons. The van der Waals surface area contributed by atoms with Crippen molar-refractivity contribution in [2.24, 2.45) is 0 Å². The van der Waals surface area contributed by atoms with Gasteiger partial charge in [0.1, 0.15) is 17.9 Å². The zero-order valence-corrected chi connectivity index (χ0v) is 22.2. The van der Waals surface area contributed by atoms with Crippen LogP contribution in [0.15, 0.2) is 60.7 Å². The molecule has 1 aliphatic heterocycles. The number of hydrogen-bond acceptors (Lipinski definition) is 4. The van der Waals surface area contributed by atoms with Gasteiger partial charge in [-0.2, -0.15) is 5.26 Å². The van der Waals surface area contributed by atoms with Crippen LogP contribution in [0.5, 0.6) is 5.75 Å². The normalized spacial score (nSPS) is 17.3. The number of Topliss-reactive ketones (excluding diaryl/α,β-unsaturated/α-hetero) is 1. The molecule has 2 unspecified atom stereocenters. The Morgan fingerprint density at radius 1 is 1.08 bits per heavy atom. The monoisotopic (exact) mass is 499 g/mol. The maximum atomic E-state index is 14.1. The molecule has 4 nitrogen and oxygen atoms in total. The van der Waals surface area contributed by atoms with Crippen LogP contribution in [0.3, 0.4) is 0 Å². The molecule has 1 fully saturated rings. The van der Waals surface area contributed by atoms with E-state index in [1.165, 1.54) is 0 Å². The molecule has 37 heavy (non-hydrogen) atoms. The van der Waals surface area contributed by atoms with Crippen molar-refractivity contribution in [1.29, 1.82) is 5.26 Å². The molecule has 0 spiro atoms. The highest BCUT2D eigenvalue weighted by atomic mass is 19.1. The number of nitriles is 1. The number of ether oxygens (including phenoxy) is 2. The van der Waals surface area contributed by atoms with E-state index in [1.54, 1.807) is 19.1 Å². The topological polar surface area (TPSA) is 59.3 Å². The summed E-state index contributed by atoms with van der Waals surface area (Å²) < 4.78 is 25.1. The molecule has 0 N–H and O–H groups in total. The molecule has 5 heteroatoms. The molecule has 4 rings (SSSR count). The maximum absolute atomic E-state index is 14.1. The Hall–Kier alpha value is -3.75. The first-order valence-corrected chi connectivity index (χ1v) is 12.7. The summed E-state index contributed by atoms with van der Waals surface area (Å²) in [5, 5.41) is 9.73. The van der Waals surface area contributed by atoms with Gasteiger partial charge in [-0.3, -0.25) is 4.79 Å². The molecule has 1 saturated heterocycles. The van der Waals surface area contributed by atoms with E-state index < -0.39 is 12.3 Å². The smallest absolute Gasteiger partial charge is 0.160 e. The quantitative estimate of drug-likeness (QED) is 0.256. The third-order valence-electron chi connectivity index (χ3n) is 6.41. The predicted molar refractivity (Wildman–Crippen MR) is 147 cm³/mol. The first-order chi connectivity index (χ1) is 17.9. The Morgan fingerprint density at radius 2 is 1.78 bits per heavy atom. The van der Waals surface area contributed by atoms with Gasteiger partial charge in [0.05, 0.1) is 18.8 Å². The number of alkyl halides is 1. The van der Waals surface area contributed by atoms with E-state index >= 15 is 0 Å². The SMILES string of the molecule is CC.CC(=O)c1ccc(/C(C)=C/c2cccc(-c3ccc(OC4CCOCC4F)c(C#N)c3)c2C)cc1. The van der Waals surface area contributed by atoms with E-state index in [0.29, 0.717) is 29.9 Å². The fourth-order valence-corrected chi connectivity index (χ4v) is 4.27. The van der Waals surface area contributed by atoms with Crippen molar-refractivity contribution in [2.45, 2.75) is 53.3 Å². The van der Waals surface area contributed by atoms with Crippen molar-refractivity contribution in [1.82, 2.24) is 0 Å². The van der Waals surface area contributed by atoms with Crippen molar-refractivity contribution < 1.29 is 18.7 Å². The van der Waals surface area contributed by atoms with Gasteiger partial charge in [0.25, 0.3) is 0 Å². The van der Waals surface area contributed by atoms with Crippen LogP contribution in [0.4, 0.5) is 4.39 Å². The summed E-state index contributed by atoms with van der Waals surface area (Å²) >= 11 is 0. The summed E-state index contributed by atoms with van der Waals surface area (Å²) in [6.07, 6.45) is 0.765. The molecule has 0 aromatic heterocycles. The molecule has 0 amide bonds. The fourth-order valence-electron chi connectivity index (χ4n) is 4.27. The highest BCUT2D eigenvalue weighted by Crippen LogP contribution is 2.32. The molecular weight excluding hydrogens is 465 g/mol. The van der Waals surface area contributed by atoms with Crippen LogP contribution >= 0.6 is 0 Å². The van der Waals surface area contributed by atoms with Gasteiger partial charge in [-0.25, -0.2) is 4.39 Å². The number of hydrogen-bond donors (Lipinski definition) is 0. The number of ketones is 1. The third kappa shape index (κ3) is 6.72. The largest absolute Gasteiger partial charge is 0.486 e. The van der Waals surface area contributed by atoms with Gasteiger partial charge < -0.3 is 9.47 Å². The highest BCUT2D eigenvalue weighted by Gasteiger charge is 2.28. The molecule has 2 atom stereocenters. The average molecular weight is 500 g/mol. The molecule has 0 radical (unpaired) electrons. The number of rotatable bonds is 6. The maximum Gasteiger partial charge on any atom is 0.160 e. The number of carbonyl (C=O) groups is 1. The van der Waals surface area contributed by atoms with E-state index in [9.17, 15) is 14.4 Å². The molecule has 1 aliphatic rings. The van der Waals surface area contributed by atoms with Gasteiger partial charge in [-0.1, -0.05) is 68.5 Å².